The smallest absolute Gasteiger partial charge is 0.219 e. The minimum Gasteiger partial charge on any atom is -0.438 e. The molecule has 0 saturated heterocycles. The average molecular weight is 280 g/mol. The van der Waals surface area contributed by atoms with Crippen molar-refractivity contribution in [1.82, 2.24) is 9.97 Å². The fourth-order valence-corrected chi connectivity index (χ4v) is 1.93. The van der Waals surface area contributed by atoms with Crippen LogP contribution in [0, 0.1) is 0 Å². The van der Waals surface area contributed by atoms with Crippen molar-refractivity contribution in [1.29, 1.82) is 0 Å². The second kappa shape index (κ2) is 5.46. The highest BCUT2D eigenvalue weighted by atomic mass is 16.5. The van der Waals surface area contributed by atoms with E-state index in [9.17, 15) is 0 Å². The van der Waals surface area contributed by atoms with Crippen LogP contribution in [-0.2, 0) is 0 Å². The molecule has 0 aliphatic rings. The van der Waals surface area contributed by atoms with E-state index in [0.29, 0.717) is 17.2 Å². The SMILES string of the molecule is N/C(=N/O)c1ccc(Oc2cccc3ncccc23)nc1. The fourth-order valence-electron chi connectivity index (χ4n) is 1.93. The maximum Gasteiger partial charge on any atom is 0.219 e. The Kier molecular flexibility index (Phi) is 3.34. The Morgan fingerprint density at radius 3 is 2.76 bits per heavy atom. The van der Waals surface area contributed by atoms with Crippen LogP contribution in [0.2, 0.25) is 0 Å². The fraction of sp³-hybridized carbons (Fsp3) is 0. The molecule has 0 aliphatic heterocycles. The molecule has 0 unspecified atom stereocenters. The second-order valence-corrected chi connectivity index (χ2v) is 4.30. The third-order valence-electron chi connectivity index (χ3n) is 2.96. The number of benzene rings is 1. The highest BCUT2D eigenvalue weighted by molar-refractivity contribution is 5.96. The van der Waals surface area contributed by atoms with Gasteiger partial charge in [0.15, 0.2) is 5.84 Å². The largest absolute Gasteiger partial charge is 0.438 e. The van der Waals surface area contributed by atoms with Gasteiger partial charge in [-0.25, -0.2) is 4.98 Å². The van der Waals surface area contributed by atoms with Crippen molar-refractivity contribution in [2.24, 2.45) is 10.9 Å². The zero-order valence-electron chi connectivity index (χ0n) is 11.0. The molecule has 2 heterocycles. The van der Waals surface area contributed by atoms with Gasteiger partial charge in [-0.15, -0.1) is 0 Å². The Labute approximate surface area is 120 Å². The summed E-state index contributed by atoms with van der Waals surface area (Å²) in [6, 6.07) is 12.7. The van der Waals surface area contributed by atoms with Crippen LogP contribution in [0.5, 0.6) is 11.6 Å². The Morgan fingerprint density at radius 2 is 2.00 bits per heavy atom. The topological polar surface area (TPSA) is 93.6 Å². The maximum atomic E-state index is 8.61. The quantitative estimate of drug-likeness (QED) is 0.333. The van der Waals surface area contributed by atoms with Crippen LogP contribution >= 0.6 is 0 Å². The molecule has 0 saturated carbocycles. The first kappa shape index (κ1) is 12.9. The molecular formula is C15H12N4O2. The van der Waals surface area contributed by atoms with Crippen LogP contribution in [0.25, 0.3) is 10.9 Å². The van der Waals surface area contributed by atoms with Gasteiger partial charge < -0.3 is 15.7 Å². The van der Waals surface area contributed by atoms with E-state index >= 15 is 0 Å². The summed E-state index contributed by atoms with van der Waals surface area (Å²) in [5.74, 6) is 1.09. The van der Waals surface area contributed by atoms with E-state index in [-0.39, 0.29) is 5.84 Å². The van der Waals surface area contributed by atoms with Gasteiger partial charge >= 0.3 is 0 Å². The summed E-state index contributed by atoms with van der Waals surface area (Å²) >= 11 is 0. The van der Waals surface area contributed by atoms with Crippen LogP contribution in [0.15, 0.2) is 60.0 Å². The molecule has 21 heavy (non-hydrogen) atoms. The van der Waals surface area contributed by atoms with Gasteiger partial charge in [-0.1, -0.05) is 11.2 Å². The van der Waals surface area contributed by atoms with E-state index in [1.54, 1.807) is 18.3 Å². The summed E-state index contributed by atoms with van der Waals surface area (Å²) in [5, 5.41) is 12.4. The lowest BCUT2D eigenvalue weighted by Crippen LogP contribution is -2.13. The molecule has 0 amide bonds. The number of ether oxygens (including phenoxy) is 1. The molecule has 0 spiro atoms. The summed E-state index contributed by atoms with van der Waals surface area (Å²) in [6.45, 7) is 0. The number of nitrogens with zero attached hydrogens (tertiary/aromatic N) is 3. The number of nitrogens with two attached hydrogens (primary N) is 1. The molecule has 0 bridgehead atoms. The van der Waals surface area contributed by atoms with Gasteiger partial charge in [0.2, 0.25) is 5.88 Å². The molecule has 2 aromatic heterocycles. The first-order valence-corrected chi connectivity index (χ1v) is 6.23. The van der Waals surface area contributed by atoms with E-state index in [4.69, 9.17) is 15.7 Å². The van der Waals surface area contributed by atoms with Crippen LogP contribution in [0.1, 0.15) is 5.56 Å². The normalized spacial score (nSPS) is 11.5. The molecule has 0 atom stereocenters. The predicted molar refractivity (Wildman–Crippen MR) is 78.6 cm³/mol. The minimum atomic E-state index is 0.00316. The second-order valence-electron chi connectivity index (χ2n) is 4.30. The lowest BCUT2D eigenvalue weighted by atomic mass is 10.2. The van der Waals surface area contributed by atoms with Crippen molar-refractivity contribution >= 4 is 16.7 Å². The Bertz CT molecular complexity index is 795. The average Bonchev–Trinajstić information content (AvgIpc) is 2.55. The summed E-state index contributed by atoms with van der Waals surface area (Å²) in [4.78, 5) is 8.41. The van der Waals surface area contributed by atoms with Crippen LogP contribution in [-0.4, -0.2) is 21.0 Å². The van der Waals surface area contributed by atoms with Crippen molar-refractivity contribution < 1.29 is 9.94 Å². The number of hydrogen-bond donors (Lipinski definition) is 2. The molecule has 3 rings (SSSR count). The molecule has 6 heteroatoms. The summed E-state index contributed by atoms with van der Waals surface area (Å²) in [5.41, 5.74) is 6.85. The molecule has 3 aromatic rings. The number of aromatic nitrogens is 2. The molecule has 0 fully saturated rings. The van der Waals surface area contributed by atoms with Crippen molar-refractivity contribution in [3.05, 3.63) is 60.4 Å². The molecule has 1 aromatic carbocycles. The van der Waals surface area contributed by atoms with Crippen LogP contribution < -0.4 is 10.5 Å². The number of oxime groups is 1. The standard InChI is InChI=1S/C15H12N4O2/c16-15(19-20)10-6-7-14(18-9-10)21-13-5-1-4-12-11(13)3-2-8-17-12/h1-9,20H,(H2,16,19). The minimum absolute atomic E-state index is 0.00316. The summed E-state index contributed by atoms with van der Waals surface area (Å²) in [6.07, 6.45) is 3.21. The highest BCUT2D eigenvalue weighted by Gasteiger charge is 2.05. The van der Waals surface area contributed by atoms with Gasteiger partial charge in [0.25, 0.3) is 0 Å². The third-order valence-corrected chi connectivity index (χ3v) is 2.96. The molecule has 0 aliphatic carbocycles. The molecule has 6 nitrogen and oxygen atoms in total. The first-order chi connectivity index (χ1) is 10.3. The zero-order chi connectivity index (χ0) is 14.7. The van der Waals surface area contributed by atoms with Crippen LogP contribution in [0.4, 0.5) is 0 Å². The Hall–Kier alpha value is -3.15. The van der Waals surface area contributed by atoms with Crippen LogP contribution in [0.3, 0.4) is 0 Å². The van der Waals surface area contributed by atoms with Crippen molar-refractivity contribution in [3.8, 4) is 11.6 Å². The molecule has 3 N–H and O–H groups in total. The predicted octanol–water partition coefficient (Wildman–Crippen LogP) is 2.52. The maximum absolute atomic E-state index is 8.61. The van der Waals surface area contributed by atoms with E-state index in [0.717, 1.165) is 10.9 Å². The molecule has 104 valence electrons. The monoisotopic (exact) mass is 280 g/mol. The summed E-state index contributed by atoms with van der Waals surface area (Å²) in [7, 11) is 0. The number of pyridine rings is 2. The van der Waals surface area contributed by atoms with Crippen molar-refractivity contribution in [2.75, 3.05) is 0 Å². The Morgan fingerprint density at radius 1 is 1.10 bits per heavy atom. The van der Waals surface area contributed by atoms with E-state index in [1.165, 1.54) is 6.20 Å². The Balaban J connectivity index is 1.92. The number of fused-ring (bicyclic) bond motifs is 1. The van der Waals surface area contributed by atoms with Gasteiger partial charge in [-0.3, -0.25) is 4.98 Å². The lowest BCUT2D eigenvalue weighted by molar-refractivity contribution is 0.318. The lowest BCUT2D eigenvalue weighted by Gasteiger charge is -2.08. The van der Waals surface area contributed by atoms with Gasteiger partial charge in [0.1, 0.15) is 5.75 Å². The summed E-state index contributed by atoms with van der Waals surface area (Å²) < 4.78 is 5.77. The first-order valence-electron chi connectivity index (χ1n) is 6.23. The van der Waals surface area contributed by atoms with Crippen molar-refractivity contribution in [3.63, 3.8) is 0 Å². The molecular weight excluding hydrogens is 268 g/mol. The highest BCUT2D eigenvalue weighted by Crippen LogP contribution is 2.27. The van der Waals surface area contributed by atoms with E-state index in [2.05, 4.69) is 15.1 Å². The van der Waals surface area contributed by atoms with Gasteiger partial charge in [-0.05, 0) is 30.3 Å². The van der Waals surface area contributed by atoms with Crippen molar-refractivity contribution in [2.45, 2.75) is 0 Å². The number of rotatable bonds is 3. The van der Waals surface area contributed by atoms with E-state index < -0.39 is 0 Å². The third kappa shape index (κ3) is 2.59. The van der Waals surface area contributed by atoms with Gasteiger partial charge in [-0.2, -0.15) is 0 Å². The zero-order valence-corrected chi connectivity index (χ0v) is 11.0. The van der Waals surface area contributed by atoms with E-state index in [1.807, 2.05) is 30.3 Å². The molecule has 0 radical (unpaired) electrons. The number of amidine groups is 1. The number of hydrogen-bond acceptors (Lipinski definition) is 5. The van der Waals surface area contributed by atoms with Gasteiger partial charge in [0.05, 0.1) is 5.52 Å². The van der Waals surface area contributed by atoms with Gasteiger partial charge in [0, 0.05) is 29.4 Å².